The minimum absolute atomic E-state index is 0.381. The van der Waals surface area contributed by atoms with Gasteiger partial charge in [-0.3, -0.25) is 0 Å². The molecule has 0 aliphatic rings. The summed E-state index contributed by atoms with van der Waals surface area (Å²) in [6, 6.07) is 6.08. The summed E-state index contributed by atoms with van der Waals surface area (Å²) < 4.78 is 58.2. The van der Waals surface area contributed by atoms with Crippen molar-refractivity contribution in [2.45, 2.75) is 117 Å². The topological polar surface area (TPSA) is 84.8 Å². The molecule has 240 valence electrons. The lowest BCUT2D eigenvalue weighted by atomic mass is 10.3. The van der Waals surface area contributed by atoms with Gasteiger partial charge in [0.15, 0.2) is 28.2 Å². The van der Waals surface area contributed by atoms with Crippen molar-refractivity contribution < 1.29 is 38.9 Å². The monoisotopic (exact) mass is 700 g/mol. The maximum Gasteiger partial charge on any atom is 0.314 e. The fraction of sp³-hybridized carbons (Fsp3) is 0.760. The zero-order chi connectivity index (χ0) is 31.8. The number of hydrogen-bond donors (Lipinski definition) is 1. The van der Waals surface area contributed by atoms with Crippen LogP contribution < -0.4 is 4.74 Å². The van der Waals surface area contributed by atoms with E-state index in [0.29, 0.717) is 12.4 Å². The molecule has 0 unspecified atom stereocenters. The van der Waals surface area contributed by atoms with Crippen LogP contribution in [0.1, 0.15) is 26.2 Å². The van der Waals surface area contributed by atoms with Gasteiger partial charge in [-0.2, -0.15) is 0 Å². The van der Waals surface area contributed by atoms with E-state index in [1.165, 1.54) is 25.0 Å². The second-order valence-corrected chi connectivity index (χ2v) is 38.7. The van der Waals surface area contributed by atoms with Gasteiger partial charge in [0, 0.05) is 6.07 Å². The minimum atomic E-state index is -2.55. The molecule has 0 radical (unpaired) electrons. The van der Waals surface area contributed by atoms with Crippen molar-refractivity contribution in [2.24, 2.45) is 0 Å². The summed E-state index contributed by atoms with van der Waals surface area (Å²) in [6.07, 6.45) is 3.17. The highest BCUT2D eigenvalue weighted by Gasteiger charge is 2.44. The van der Waals surface area contributed by atoms with Crippen LogP contribution in [0, 0.1) is 5.82 Å². The smallest absolute Gasteiger partial charge is 0.314 e. The molecule has 0 atom stereocenters. The Morgan fingerprint density at radius 2 is 1.15 bits per heavy atom. The lowest BCUT2D eigenvalue weighted by Crippen LogP contribution is -2.57. The van der Waals surface area contributed by atoms with Gasteiger partial charge in [-0.15, -0.1) is 0 Å². The van der Waals surface area contributed by atoms with Crippen LogP contribution in [0.25, 0.3) is 0 Å². The van der Waals surface area contributed by atoms with Crippen molar-refractivity contribution in [2.75, 3.05) is 6.61 Å². The maximum absolute atomic E-state index is 13.5. The van der Waals surface area contributed by atoms with Crippen molar-refractivity contribution in [1.82, 2.24) is 0 Å². The van der Waals surface area contributed by atoms with E-state index >= 15 is 0 Å². The van der Waals surface area contributed by atoms with Crippen LogP contribution in [0.15, 0.2) is 18.2 Å². The lowest BCUT2D eigenvalue weighted by Gasteiger charge is -2.41. The Morgan fingerprint density at radius 1 is 0.683 bits per heavy atom. The van der Waals surface area contributed by atoms with Crippen LogP contribution in [0.2, 0.25) is 90.7 Å². The number of halogens is 1. The molecule has 0 aliphatic carbocycles. The standard InChI is InChI=1S/C25H57FO8Si7/c1-14-15-20-36(2,3)31-38(6,7)29-35-30-39(8,9)33-41(12,13)34-40(10,11)32-37(4,5)21-16-19-28-23-17-18-25(27)24(26)22-23/h17-18,22,27H,14-16,19-21,35H2,1-13H3. The van der Waals surface area contributed by atoms with Crippen molar-refractivity contribution >= 4 is 60.9 Å². The third-order valence-corrected chi connectivity index (χ3v) is 31.9. The molecule has 0 fully saturated rings. The molecule has 0 amide bonds. The van der Waals surface area contributed by atoms with Crippen molar-refractivity contribution in [3.05, 3.63) is 24.0 Å². The summed E-state index contributed by atoms with van der Waals surface area (Å²) in [4.78, 5) is 0. The third-order valence-electron chi connectivity index (χ3n) is 6.08. The molecule has 41 heavy (non-hydrogen) atoms. The quantitative estimate of drug-likeness (QED) is 0.111. The number of phenols is 1. The number of hydrogen-bond acceptors (Lipinski definition) is 8. The van der Waals surface area contributed by atoms with E-state index in [0.717, 1.165) is 18.5 Å². The van der Waals surface area contributed by atoms with Gasteiger partial charge in [-0.1, -0.05) is 19.8 Å². The first-order valence-corrected chi connectivity index (χ1v) is 33.3. The van der Waals surface area contributed by atoms with Crippen LogP contribution >= 0.6 is 0 Å². The lowest BCUT2D eigenvalue weighted by molar-refractivity contribution is 0.287. The Labute approximate surface area is 257 Å². The molecule has 1 aromatic carbocycles. The Balaban J connectivity index is 2.56. The Morgan fingerprint density at radius 3 is 1.68 bits per heavy atom. The molecule has 1 N–H and O–H groups in total. The predicted molar refractivity (Wildman–Crippen MR) is 183 cm³/mol. The second-order valence-electron chi connectivity index (χ2n) is 13.6. The fourth-order valence-electron chi connectivity index (χ4n) is 4.90. The third kappa shape index (κ3) is 17.2. The molecule has 8 nitrogen and oxygen atoms in total. The predicted octanol–water partition coefficient (Wildman–Crippen LogP) is 7.42. The molecule has 1 aromatic rings. The number of ether oxygens (including phenoxy) is 1. The van der Waals surface area contributed by atoms with Gasteiger partial charge in [0.05, 0.1) is 6.61 Å². The van der Waals surface area contributed by atoms with Gasteiger partial charge in [-0.05, 0) is 109 Å². The first-order chi connectivity index (χ1) is 18.5. The van der Waals surface area contributed by atoms with Crippen LogP contribution in [-0.2, 0) is 24.7 Å². The van der Waals surface area contributed by atoms with Crippen molar-refractivity contribution in [1.29, 1.82) is 0 Å². The van der Waals surface area contributed by atoms with Crippen LogP contribution in [0.4, 0.5) is 4.39 Å². The van der Waals surface area contributed by atoms with Crippen molar-refractivity contribution in [3.63, 3.8) is 0 Å². The normalized spacial score (nSPS) is 14.3. The van der Waals surface area contributed by atoms with Gasteiger partial charge in [0.2, 0.25) is 0 Å². The summed E-state index contributed by atoms with van der Waals surface area (Å²) in [7, 11) is -14.8. The average Bonchev–Trinajstić information content (AvgIpc) is 2.74. The molecule has 0 aliphatic heterocycles. The molecule has 0 saturated heterocycles. The van der Waals surface area contributed by atoms with Crippen molar-refractivity contribution in [3.8, 4) is 11.5 Å². The number of benzene rings is 1. The fourth-order valence-corrected chi connectivity index (χ4v) is 33.7. The average molecular weight is 701 g/mol. The van der Waals surface area contributed by atoms with Gasteiger partial charge in [0.25, 0.3) is 10.0 Å². The van der Waals surface area contributed by atoms with Gasteiger partial charge >= 0.3 is 34.2 Å². The number of aromatic hydroxyl groups is 1. The van der Waals surface area contributed by atoms with E-state index in [2.05, 4.69) is 85.5 Å². The zero-order valence-electron chi connectivity index (χ0n) is 27.9. The van der Waals surface area contributed by atoms with E-state index in [4.69, 9.17) is 29.4 Å². The summed E-state index contributed by atoms with van der Waals surface area (Å²) in [5, 5.41) is 9.33. The highest BCUT2D eigenvalue weighted by Crippen LogP contribution is 2.27. The van der Waals surface area contributed by atoms with Gasteiger partial charge in [-0.25, -0.2) is 4.39 Å². The summed E-state index contributed by atoms with van der Waals surface area (Å²) in [6.45, 7) is 28.3. The van der Waals surface area contributed by atoms with E-state index in [-0.39, 0.29) is 5.75 Å². The van der Waals surface area contributed by atoms with Gasteiger partial charge < -0.3 is 34.5 Å². The largest absolute Gasteiger partial charge is 0.505 e. The summed E-state index contributed by atoms with van der Waals surface area (Å²) >= 11 is 0. The zero-order valence-corrected chi connectivity index (χ0v) is 35.3. The van der Waals surface area contributed by atoms with E-state index in [1.807, 2.05) is 0 Å². The maximum atomic E-state index is 13.5. The molecule has 0 heterocycles. The highest BCUT2D eigenvalue weighted by molar-refractivity contribution is 6.89. The number of rotatable bonds is 20. The van der Waals surface area contributed by atoms with Crippen LogP contribution in [-0.4, -0.2) is 72.6 Å². The first-order valence-electron chi connectivity index (χ1n) is 14.7. The summed E-state index contributed by atoms with van der Waals surface area (Å²) in [5.41, 5.74) is 0. The summed E-state index contributed by atoms with van der Waals surface area (Å²) in [5.74, 6) is -0.662. The molecule has 0 saturated carbocycles. The van der Waals surface area contributed by atoms with Gasteiger partial charge in [0.1, 0.15) is 5.75 Å². The molecule has 1 rings (SSSR count). The molecule has 0 bridgehead atoms. The van der Waals surface area contributed by atoms with Crippen LogP contribution in [0.3, 0.4) is 0 Å². The number of phenolic OH excluding ortho intramolecular Hbond substituents is 1. The van der Waals surface area contributed by atoms with Crippen LogP contribution in [0.5, 0.6) is 11.5 Å². The van der Waals surface area contributed by atoms with E-state index < -0.39 is 66.7 Å². The van der Waals surface area contributed by atoms with E-state index in [9.17, 15) is 9.50 Å². The van der Waals surface area contributed by atoms with E-state index in [1.54, 1.807) is 6.07 Å². The highest BCUT2D eigenvalue weighted by atomic mass is 28.5. The Kier molecular flexibility index (Phi) is 15.1. The number of unbranched alkanes of at least 4 members (excludes halogenated alkanes) is 1. The molecule has 0 aromatic heterocycles. The molecular formula is C25H57FO8Si7. The molecule has 16 heteroatoms. The Bertz CT molecular complexity index is 949. The SMILES string of the molecule is CCCC[Si](C)(C)O[Si](C)(C)O[SiH2]O[Si](C)(C)O[Si](C)(C)O[Si](C)(C)O[Si](C)(C)CCCOc1ccc(O)c(F)c1. The second kappa shape index (κ2) is 15.8. The molecule has 0 spiro atoms. The minimum Gasteiger partial charge on any atom is -0.505 e. The first kappa shape index (κ1) is 39.1. The molecular weight excluding hydrogens is 644 g/mol. The Hall–Kier alpha value is 0.0282.